The molecule has 2 rings (SSSR count). The van der Waals surface area contributed by atoms with E-state index in [2.05, 4.69) is 23.0 Å². The Labute approximate surface area is 100 Å². The molecule has 3 heteroatoms. The van der Waals surface area contributed by atoms with E-state index in [1.807, 2.05) is 24.3 Å². The van der Waals surface area contributed by atoms with Crippen LogP contribution in [-0.2, 0) is 11.3 Å². The second-order valence-electron chi connectivity index (χ2n) is 3.64. The lowest BCUT2D eigenvalue weighted by Crippen LogP contribution is -2.00. The Kier molecular flexibility index (Phi) is 3.65. The maximum Gasteiger partial charge on any atom is 0.0641 e. The highest BCUT2D eigenvalue weighted by molar-refractivity contribution is 6.30. The first kappa shape index (κ1) is 11.2. The quantitative estimate of drug-likeness (QED) is 0.792. The molecule has 0 aliphatic rings. The number of rotatable bonds is 4. The van der Waals surface area contributed by atoms with Crippen molar-refractivity contribution in [2.24, 2.45) is 0 Å². The molecule has 0 amide bonds. The van der Waals surface area contributed by atoms with Gasteiger partial charge in [0, 0.05) is 31.1 Å². The molecule has 0 unspecified atom stereocenters. The number of aromatic nitrogens is 1. The summed E-state index contributed by atoms with van der Waals surface area (Å²) >= 11 is 5.85. The van der Waals surface area contributed by atoms with Crippen LogP contribution in [0, 0.1) is 0 Å². The zero-order valence-corrected chi connectivity index (χ0v) is 9.95. The Hall–Kier alpha value is -1.25. The maximum atomic E-state index is 5.85. The van der Waals surface area contributed by atoms with Crippen molar-refractivity contribution < 1.29 is 4.74 Å². The van der Waals surface area contributed by atoms with E-state index in [0.717, 1.165) is 18.2 Å². The first-order valence-electron chi connectivity index (χ1n) is 5.20. The van der Waals surface area contributed by atoms with E-state index in [1.54, 1.807) is 7.11 Å². The summed E-state index contributed by atoms with van der Waals surface area (Å²) in [5, 5.41) is 0.766. The third kappa shape index (κ3) is 2.65. The van der Waals surface area contributed by atoms with Crippen molar-refractivity contribution in [2.75, 3.05) is 13.7 Å². The molecule has 0 saturated heterocycles. The monoisotopic (exact) mass is 235 g/mol. The molecule has 16 heavy (non-hydrogen) atoms. The van der Waals surface area contributed by atoms with Gasteiger partial charge in [0.05, 0.1) is 6.61 Å². The smallest absolute Gasteiger partial charge is 0.0641 e. The molecule has 0 fully saturated rings. The van der Waals surface area contributed by atoms with Gasteiger partial charge in [-0.2, -0.15) is 0 Å². The van der Waals surface area contributed by atoms with Gasteiger partial charge in [0.1, 0.15) is 0 Å². The fourth-order valence-electron chi connectivity index (χ4n) is 1.59. The molecule has 2 nitrogen and oxygen atoms in total. The lowest BCUT2D eigenvalue weighted by atomic mass is 10.1. The summed E-state index contributed by atoms with van der Waals surface area (Å²) in [4.78, 5) is 0. The molecule has 1 heterocycles. The van der Waals surface area contributed by atoms with Gasteiger partial charge in [-0.15, -0.1) is 0 Å². The highest BCUT2D eigenvalue weighted by Crippen LogP contribution is 2.21. The fraction of sp³-hybridized carbons (Fsp3) is 0.231. The molecule has 0 saturated carbocycles. The Morgan fingerprint density at radius 3 is 2.56 bits per heavy atom. The number of hydrogen-bond donors (Lipinski definition) is 0. The maximum absolute atomic E-state index is 5.85. The van der Waals surface area contributed by atoms with Gasteiger partial charge in [0.15, 0.2) is 0 Å². The van der Waals surface area contributed by atoms with Crippen LogP contribution in [0.4, 0.5) is 0 Å². The Bertz CT molecular complexity index is 447. The molecular formula is C13H14ClNO. The van der Waals surface area contributed by atoms with Crippen LogP contribution in [0.5, 0.6) is 0 Å². The van der Waals surface area contributed by atoms with E-state index in [-0.39, 0.29) is 0 Å². The minimum atomic E-state index is 0.731. The van der Waals surface area contributed by atoms with Gasteiger partial charge in [0.2, 0.25) is 0 Å². The number of benzene rings is 1. The Balaban J connectivity index is 2.15. The summed E-state index contributed by atoms with van der Waals surface area (Å²) in [6.07, 6.45) is 4.17. The van der Waals surface area contributed by atoms with Gasteiger partial charge >= 0.3 is 0 Å². The number of halogens is 1. The summed E-state index contributed by atoms with van der Waals surface area (Å²) < 4.78 is 7.16. The van der Waals surface area contributed by atoms with Gasteiger partial charge in [-0.25, -0.2) is 0 Å². The van der Waals surface area contributed by atoms with Crippen molar-refractivity contribution in [3.05, 3.63) is 47.7 Å². The topological polar surface area (TPSA) is 14.2 Å². The number of hydrogen-bond acceptors (Lipinski definition) is 1. The first-order chi connectivity index (χ1) is 7.79. The van der Waals surface area contributed by atoms with Crippen molar-refractivity contribution in [3.8, 4) is 11.1 Å². The standard InChI is InChI=1S/C13H14ClNO/c1-16-9-8-15-7-6-12(10-15)11-2-4-13(14)5-3-11/h2-7,10H,8-9H2,1H3. The molecule has 2 aromatic rings. The molecule has 84 valence electrons. The predicted octanol–water partition coefficient (Wildman–Crippen LogP) is 3.45. The number of ether oxygens (including phenoxy) is 1. The van der Waals surface area contributed by atoms with E-state index in [1.165, 1.54) is 11.1 Å². The van der Waals surface area contributed by atoms with Gasteiger partial charge in [-0.1, -0.05) is 23.7 Å². The molecule has 0 aliphatic carbocycles. The normalized spacial score (nSPS) is 10.6. The fourth-order valence-corrected chi connectivity index (χ4v) is 1.72. The summed E-state index contributed by atoms with van der Waals surface area (Å²) in [5.74, 6) is 0. The zero-order valence-electron chi connectivity index (χ0n) is 9.19. The zero-order chi connectivity index (χ0) is 11.4. The number of methoxy groups -OCH3 is 1. The minimum Gasteiger partial charge on any atom is -0.383 e. The van der Waals surface area contributed by atoms with Crippen molar-refractivity contribution in [3.63, 3.8) is 0 Å². The average molecular weight is 236 g/mol. The van der Waals surface area contributed by atoms with Gasteiger partial charge in [-0.3, -0.25) is 0 Å². The lowest BCUT2D eigenvalue weighted by molar-refractivity contribution is 0.187. The third-order valence-electron chi connectivity index (χ3n) is 2.48. The van der Waals surface area contributed by atoms with Crippen molar-refractivity contribution >= 4 is 11.6 Å². The third-order valence-corrected chi connectivity index (χ3v) is 2.73. The SMILES string of the molecule is COCCn1ccc(-c2ccc(Cl)cc2)c1. The molecule has 0 N–H and O–H groups in total. The van der Waals surface area contributed by atoms with Crippen LogP contribution in [0.15, 0.2) is 42.7 Å². The molecule has 1 aromatic heterocycles. The molecule has 1 aromatic carbocycles. The molecule has 0 atom stereocenters. The molecule has 0 bridgehead atoms. The van der Waals surface area contributed by atoms with Crippen LogP contribution in [0.25, 0.3) is 11.1 Å². The summed E-state index contributed by atoms with van der Waals surface area (Å²) in [6, 6.07) is 9.96. The van der Waals surface area contributed by atoms with E-state index < -0.39 is 0 Å². The number of nitrogens with zero attached hydrogens (tertiary/aromatic N) is 1. The van der Waals surface area contributed by atoms with E-state index in [0.29, 0.717) is 0 Å². The van der Waals surface area contributed by atoms with E-state index >= 15 is 0 Å². The second kappa shape index (κ2) is 5.19. The molecule has 0 spiro atoms. The predicted molar refractivity (Wildman–Crippen MR) is 66.8 cm³/mol. The highest BCUT2D eigenvalue weighted by atomic mass is 35.5. The Morgan fingerprint density at radius 1 is 1.12 bits per heavy atom. The van der Waals surface area contributed by atoms with Gasteiger partial charge in [0.25, 0.3) is 0 Å². The van der Waals surface area contributed by atoms with Gasteiger partial charge < -0.3 is 9.30 Å². The van der Waals surface area contributed by atoms with Crippen LogP contribution in [-0.4, -0.2) is 18.3 Å². The van der Waals surface area contributed by atoms with E-state index in [9.17, 15) is 0 Å². The van der Waals surface area contributed by atoms with Crippen LogP contribution in [0.2, 0.25) is 5.02 Å². The van der Waals surface area contributed by atoms with Crippen molar-refractivity contribution in [1.29, 1.82) is 0 Å². The largest absolute Gasteiger partial charge is 0.383 e. The van der Waals surface area contributed by atoms with Crippen LogP contribution >= 0.6 is 11.6 Å². The molecule has 0 radical (unpaired) electrons. The lowest BCUT2D eigenvalue weighted by Gasteiger charge is -2.01. The van der Waals surface area contributed by atoms with Crippen molar-refractivity contribution in [1.82, 2.24) is 4.57 Å². The van der Waals surface area contributed by atoms with E-state index in [4.69, 9.17) is 16.3 Å². The van der Waals surface area contributed by atoms with Crippen LogP contribution in [0.3, 0.4) is 0 Å². The van der Waals surface area contributed by atoms with Crippen molar-refractivity contribution in [2.45, 2.75) is 6.54 Å². The highest BCUT2D eigenvalue weighted by Gasteiger charge is 2.00. The molecule has 0 aliphatic heterocycles. The van der Waals surface area contributed by atoms with Crippen LogP contribution < -0.4 is 0 Å². The summed E-state index contributed by atoms with van der Waals surface area (Å²) in [5.41, 5.74) is 2.38. The minimum absolute atomic E-state index is 0.731. The second-order valence-corrected chi connectivity index (χ2v) is 4.07. The average Bonchev–Trinajstić information content (AvgIpc) is 2.76. The first-order valence-corrected chi connectivity index (χ1v) is 5.58. The molecular weight excluding hydrogens is 222 g/mol. The Morgan fingerprint density at radius 2 is 1.88 bits per heavy atom. The van der Waals surface area contributed by atoms with Gasteiger partial charge in [-0.05, 0) is 29.3 Å². The summed E-state index contributed by atoms with van der Waals surface area (Å²) in [6.45, 7) is 1.61. The summed E-state index contributed by atoms with van der Waals surface area (Å²) in [7, 11) is 1.71. The van der Waals surface area contributed by atoms with Crippen LogP contribution in [0.1, 0.15) is 0 Å².